The predicted molar refractivity (Wildman–Crippen MR) is 126 cm³/mol. The minimum atomic E-state index is -3.55. The van der Waals surface area contributed by atoms with Crippen molar-refractivity contribution in [3.05, 3.63) is 65.7 Å². The molecule has 6 nitrogen and oxygen atoms in total. The molecule has 2 aliphatic rings. The summed E-state index contributed by atoms with van der Waals surface area (Å²) in [6.07, 6.45) is 1.05. The van der Waals surface area contributed by atoms with Crippen LogP contribution in [0.25, 0.3) is 0 Å². The molecule has 3 unspecified atom stereocenters. The zero-order valence-corrected chi connectivity index (χ0v) is 20.0. The Balaban J connectivity index is 1.55. The Labute approximate surface area is 191 Å². The molecular weight excluding hydrogens is 422 g/mol. The molecule has 32 heavy (non-hydrogen) atoms. The van der Waals surface area contributed by atoms with E-state index in [9.17, 15) is 13.2 Å². The number of likely N-dealkylation sites (N-methyl/N-ethyl adjacent to an activating group) is 1. The van der Waals surface area contributed by atoms with Gasteiger partial charge in [0, 0.05) is 38.3 Å². The van der Waals surface area contributed by atoms with E-state index in [2.05, 4.69) is 37.9 Å². The van der Waals surface area contributed by atoms with Gasteiger partial charge in [-0.3, -0.25) is 4.79 Å². The van der Waals surface area contributed by atoms with Crippen molar-refractivity contribution in [1.82, 2.24) is 14.1 Å². The number of benzene rings is 2. The zero-order valence-electron chi connectivity index (χ0n) is 19.1. The second-order valence-electron chi connectivity index (χ2n) is 9.48. The van der Waals surface area contributed by atoms with E-state index >= 15 is 0 Å². The summed E-state index contributed by atoms with van der Waals surface area (Å²) in [4.78, 5) is 17.8. The van der Waals surface area contributed by atoms with Crippen molar-refractivity contribution in [2.24, 2.45) is 11.8 Å². The molecule has 0 aromatic heterocycles. The Bertz CT molecular complexity index is 1030. The summed E-state index contributed by atoms with van der Waals surface area (Å²) in [7, 11) is -1.49. The van der Waals surface area contributed by atoms with E-state index in [0.717, 1.165) is 25.1 Å². The summed E-state index contributed by atoms with van der Waals surface area (Å²) in [5, 5.41) is 0. The van der Waals surface area contributed by atoms with Crippen LogP contribution >= 0.6 is 0 Å². The molecule has 172 valence electrons. The number of hydrogen-bond acceptors (Lipinski definition) is 4. The first-order valence-corrected chi connectivity index (χ1v) is 12.8. The van der Waals surface area contributed by atoms with E-state index in [1.54, 1.807) is 28.6 Å². The van der Waals surface area contributed by atoms with Gasteiger partial charge in [0.25, 0.3) is 5.91 Å². The van der Waals surface area contributed by atoms with E-state index in [0.29, 0.717) is 37.0 Å². The van der Waals surface area contributed by atoms with Crippen LogP contribution in [0, 0.1) is 11.8 Å². The van der Waals surface area contributed by atoms with Crippen LogP contribution in [0.1, 0.15) is 42.2 Å². The number of rotatable bonds is 4. The van der Waals surface area contributed by atoms with Crippen LogP contribution in [0.2, 0.25) is 0 Å². The lowest BCUT2D eigenvalue weighted by molar-refractivity contribution is 0.0498. The molecule has 0 saturated carbocycles. The average molecular weight is 456 g/mol. The number of piperazine rings is 1. The molecule has 2 aromatic rings. The number of carbonyl (C=O) groups excluding carboxylic acids is 1. The summed E-state index contributed by atoms with van der Waals surface area (Å²) in [5.74, 6) is 0.638. The summed E-state index contributed by atoms with van der Waals surface area (Å²) < 4.78 is 27.9. The number of nitrogens with zero attached hydrogens (tertiary/aromatic N) is 3. The Morgan fingerprint density at radius 1 is 0.875 bits per heavy atom. The Kier molecular flexibility index (Phi) is 6.70. The number of sulfonamides is 1. The monoisotopic (exact) mass is 455 g/mol. The third-order valence-corrected chi connectivity index (χ3v) is 8.45. The second kappa shape index (κ2) is 9.33. The van der Waals surface area contributed by atoms with E-state index in [1.807, 2.05) is 23.1 Å². The largest absolute Gasteiger partial charge is 0.329 e. The first kappa shape index (κ1) is 23.0. The van der Waals surface area contributed by atoms with Gasteiger partial charge in [-0.15, -0.1) is 0 Å². The Morgan fingerprint density at radius 3 is 2.12 bits per heavy atom. The number of carbonyl (C=O) groups is 1. The van der Waals surface area contributed by atoms with Gasteiger partial charge in [0.15, 0.2) is 0 Å². The topological polar surface area (TPSA) is 60.9 Å². The predicted octanol–water partition coefficient (Wildman–Crippen LogP) is 3.48. The van der Waals surface area contributed by atoms with Gasteiger partial charge in [0.1, 0.15) is 0 Å². The van der Waals surface area contributed by atoms with Gasteiger partial charge >= 0.3 is 0 Å². The van der Waals surface area contributed by atoms with Crippen LogP contribution in [0.5, 0.6) is 0 Å². The summed E-state index contributed by atoms with van der Waals surface area (Å²) >= 11 is 0. The van der Waals surface area contributed by atoms with Gasteiger partial charge in [-0.1, -0.05) is 44.2 Å². The average Bonchev–Trinajstić information content (AvgIpc) is 2.78. The number of amides is 1. The first-order chi connectivity index (χ1) is 15.3. The van der Waals surface area contributed by atoms with E-state index in [-0.39, 0.29) is 16.8 Å². The molecule has 0 N–H and O–H groups in total. The molecule has 2 aliphatic heterocycles. The van der Waals surface area contributed by atoms with Gasteiger partial charge < -0.3 is 9.80 Å². The van der Waals surface area contributed by atoms with Crippen LogP contribution in [0.4, 0.5) is 0 Å². The van der Waals surface area contributed by atoms with E-state index in [4.69, 9.17) is 0 Å². The molecule has 0 spiro atoms. The highest BCUT2D eigenvalue weighted by Crippen LogP contribution is 2.29. The SMILES string of the molecule is CC1CC(C)CN(S(=O)(=O)c2ccc(C(=O)N3CCN(C)CC3c3ccccc3)cc2)C1. The lowest BCUT2D eigenvalue weighted by Crippen LogP contribution is -2.49. The maximum absolute atomic E-state index is 13.4. The molecule has 2 saturated heterocycles. The maximum Gasteiger partial charge on any atom is 0.254 e. The maximum atomic E-state index is 13.4. The van der Waals surface area contributed by atoms with Crippen LogP contribution in [-0.2, 0) is 10.0 Å². The molecule has 7 heteroatoms. The minimum Gasteiger partial charge on any atom is -0.329 e. The lowest BCUT2D eigenvalue weighted by Gasteiger charge is -2.40. The molecule has 1 amide bonds. The molecular formula is C25H33N3O3S. The highest BCUT2D eigenvalue weighted by molar-refractivity contribution is 7.89. The van der Waals surface area contributed by atoms with Crippen molar-refractivity contribution in [3.63, 3.8) is 0 Å². The fourth-order valence-corrected chi connectivity index (χ4v) is 6.69. The standard InChI is InChI=1S/C25H33N3O3S/c1-19-15-20(2)17-27(16-19)32(30,31)23-11-9-22(10-12-23)25(29)28-14-13-26(3)18-24(28)21-7-5-4-6-8-21/h4-12,19-20,24H,13-18H2,1-3H3. The molecule has 0 radical (unpaired) electrons. The van der Waals surface area contributed by atoms with Crippen LogP contribution in [0.15, 0.2) is 59.5 Å². The smallest absolute Gasteiger partial charge is 0.254 e. The second-order valence-corrected chi connectivity index (χ2v) is 11.4. The number of piperidine rings is 1. The van der Waals surface area contributed by atoms with Gasteiger partial charge in [0.2, 0.25) is 10.0 Å². The zero-order chi connectivity index (χ0) is 22.9. The summed E-state index contributed by atoms with van der Waals surface area (Å²) in [5.41, 5.74) is 1.63. The lowest BCUT2D eigenvalue weighted by atomic mass is 9.94. The van der Waals surface area contributed by atoms with Crippen LogP contribution < -0.4 is 0 Å². The van der Waals surface area contributed by atoms with Crippen LogP contribution in [0.3, 0.4) is 0 Å². The molecule has 0 aliphatic carbocycles. The molecule has 3 atom stereocenters. The Morgan fingerprint density at radius 2 is 1.50 bits per heavy atom. The van der Waals surface area contributed by atoms with Crippen molar-refractivity contribution in [1.29, 1.82) is 0 Å². The summed E-state index contributed by atoms with van der Waals surface area (Å²) in [6.45, 7) is 7.51. The molecule has 4 rings (SSSR count). The first-order valence-electron chi connectivity index (χ1n) is 11.4. The van der Waals surface area contributed by atoms with E-state index < -0.39 is 10.0 Å². The summed E-state index contributed by atoms with van der Waals surface area (Å²) in [6, 6.07) is 16.5. The van der Waals surface area contributed by atoms with Crippen molar-refractivity contribution < 1.29 is 13.2 Å². The number of hydrogen-bond donors (Lipinski definition) is 0. The fraction of sp³-hybridized carbons (Fsp3) is 0.480. The van der Waals surface area contributed by atoms with Crippen LogP contribution in [-0.4, -0.2) is 68.2 Å². The highest BCUT2D eigenvalue weighted by atomic mass is 32.2. The van der Waals surface area contributed by atoms with Gasteiger partial charge in [-0.2, -0.15) is 4.31 Å². The molecule has 2 heterocycles. The van der Waals surface area contributed by atoms with Gasteiger partial charge in [0.05, 0.1) is 10.9 Å². The quantitative estimate of drug-likeness (QED) is 0.708. The third-order valence-electron chi connectivity index (χ3n) is 6.60. The Hall–Kier alpha value is -2.22. The van der Waals surface area contributed by atoms with E-state index in [1.165, 1.54) is 0 Å². The third kappa shape index (κ3) is 4.75. The molecule has 2 fully saturated rings. The highest BCUT2D eigenvalue weighted by Gasteiger charge is 2.33. The van der Waals surface area contributed by atoms with Crippen molar-refractivity contribution in [3.8, 4) is 0 Å². The van der Waals surface area contributed by atoms with Crippen molar-refractivity contribution >= 4 is 15.9 Å². The van der Waals surface area contributed by atoms with Gasteiger partial charge in [-0.25, -0.2) is 8.42 Å². The minimum absolute atomic E-state index is 0.0258. The van der Waals surface area contributed by atoms with Gasteiger partial charge in [-0.05, 0) is 55.1 Å². The fourth-order valence-electron chi connectivity index (χ4n) is 5.01. The molecule has 0 bridgehead atoms. The normalized spacial score (nSPS) is 25.6. The van der Waals surface area contributed by atoms with Crippen molar-refractivity contribution in [2.45, 2.75) is 31.2 Å². The molecule has 2 aromatic carbocycles. The van der Waals surface area contributed by atoms with Crippen molar-refractivity contribution in [2.75, 3.05) is 39.8 Å².